The summed E-state index contributed by atoms with van der Waals surface area (Å²) in [6, 6.07) is 7.83. The Balaban J connectivity index is 1.80. The number of fused-ring (bicyclic) bond motifs is 1. The molecular formula is C15H14BrN3O2. The van der Waals surface area contributed by atoms with Gasteiger partial charge >= 0.3 is 0 Å². The van der Waals surface area contributed by atoms with Crippen LogP contribution in [-0.2, 0) is 4.79 Å². The molecule has 0 radical (unpaired) electrons. The van der Waals surface area contributed by atoms with E-state index in [1.807, 2.05) is 31.2 Å². The van der Waals surface area contributed by atoms with E-state index in [-0.39, 0.29) is 18.6 Å². The van der Waals surface area contributed by atoms with Gasteiger partial charge in [0.25, 0.3) is 5.91 Å². The van der Waals surface area contributed by atoms with E-state index >= 15 is 0 Å². The van der Waals surface area contributed by atoms with Crippen LogP contribution >= 0.6 is 15.9 Å². The minimum Gasteiger partial charge on any atom is -0.482 e. The second-order valence-electron chi connectivity index (χ2n) is 4.85. The summed E-state index contributed by atoms with van der Waals surface area (Å²) in [7, 11) is 0. The van der Waals surface area contributed by atoms with Crippen molar-refractivity contribution in [2.45, 2.75) is 13.0 Å². The third-order valence-corrected chi connectivity index (χ3v) is 3.66. The van der Waals surface area contributed by atoms with Gasteiger partial charge in [-0.05, 0) is 46.6 Å². The molecule has 2 aromatic rings. The van der Waals surface area contributed by atoms with Crippen molar-refractivity contribution in [2.24, 2.45) is 0 Å². The standard InChI is InChI=1S/C15H14BrN3O2/c1-9(18-12-5-11(16)6-17-7-12)10-2-3-14-13(4-10)19-15(20)8-21-14/h2-7,9,18H,8H2,1H3,(H,19,20)/t9-/m0/s1. The normalized spacial score (nSPS) is 14.7. The van der Waals surface area contributed by atoms with Gasteiger partial charge in [-0.25, -0.2) is 0 Å². The Hall–Kier alpha value is -2.08. The first kappa shape index (κ1) is 13.9. The molecule has 1 amide bonds. The van der Waals surface area contributed by atoms with Crippen LogP contribution in [0.3, 0.4) is 0 Å². The maximum atomic E-state index is 11.4. The van der Waals surface area contributed by atoms with Crippen molar-refractivity contribution < 1.29 is 9.53 Å². The number of anilines is 2. The monoisotopic (exact) mass is 347 g/mol. The zero-order chi connectivity index (χ0) is 14.8. The number of aromatic nitrogens is 1. The van der Waals surface area contributed by atoms with Crippen LogP contribution < -0.4 is 15.4 Å². The molecule has 0 unspecified atom stereocenters. The molecule has 0 saturated heterocycles. The lowest BCUT2D eigenvalue weighted by molar-refractivity contribution is -0.118. The van der Waals surface area contributed by atoms with E-state index in [0.717, 1.165) is 15.7 Å². The lowest BCUT2D eigenvalue weighted by Gasteiger charge is -2.21. The second-order valence-corrected chi connectivity index (χ2v) is 5.77. The molecule has 1 aliphatic rings. The van der Waals surface area contributed by atoms with Crippen LogP contribution in [0.4, 0.5) is 11.4 Å². The number of nitrogens with zero attached hydrogens (tertiary/aromatic N) is 1. The average Bonchev–Trinajstić information content (AvgIpc) is 2.46. The molecule has 0 aliphatic carbocycles. The first-order valence-corrected chi connectivity index (χ1v) is 7.35. The zero-order valence-corrected chi connectivity index (χ0v) is 13.0. The van der Waals surface area contributed by atoms with Crippen LogP contribution in [0, 0.1) is 0 Å². The molecule has 2 heterocycles. The van der Waals surface area contributed by atoms with Crippen LogP contribution in [0.25, 0.3) is 0 Å². The lowest BCUT2D eigenvalue weighted by atomic mass is 10.1. The van der Waals surface area contributed by atoms with Crippen molar-refractivity contribution in [3.8, 4) is 5.75 Å². The largest absolute Gasteiger partial charge is 0.482 e. The summed E-state index contributed by atoms with van der Waals surface area (Å²) in [4.78, 5) is 15.5. The Morgan fingerprint density at radius 2 is 2.24 bits per heavy atom. The number of ether oxygens (including phenoxy) is 1. The highest BCUT2D eigenvalue weighted by Gasteiger charge is 2.17. The first-order valence-electron chi connectivity index (χ1n) is 6.55. The molecule has 5 nitrogen and oxygen atoms in total. The number of hydrogen-bond donors (Lipinski definition) is 2. The minimum absolute atomic E-state index is 0.0733. The Kier molecular flexibility index (Phi) is 3.79. The van der Waals surface area contributed by atoms with Crippen LogP contribution in [0.2, 0.25) is 0 Å². The number of benzene rings is 1. The van der Waals surface area contributed by atoms with Crippen molar-refractivity contribution in [3.05, 3.63) is 46.7 Å². The predicted octanol–water partition coefficient (Wildman–Crippen LogP) is 3.35. The fourth-order valence-electron chi connectivity index (χ4n) is 2.19. The van der Waals surface area contributed by atoms with Crippen molar-refractivity contribution in [1.29, 1.82) is 0 Å². The summed E-state index contributed by atoms with van der Waals surface area (Å²) in [5, 5.41) is 6.19. The molecular weight excluding hydrogens is 334 g/mol. The molecule has 21 heavy (non-hydrogen) atoms. The number of halogens is 1. The van der Waals surface area contributed by atoms with Gasteiger partial charge in [0.05, 0.1) is 17.6 Å². The van der Waals surface area contributed by atoms with Crippen LogP contribution in [0.1, 0.15) is 18.5 Å². The van der Waals surface area contributed by atoms with Gasteiger partial charge in [0.15, 0.2) is 6.61 Å². The number of hydrogen-bond acceptors (Lipinski definition) is 4. The number of nitrogens with one attached hydrogen (secondary N) is 2. The van der Waals surface area contributed by atoms with Crippen molar-refractivity contribution in [1.82, 2.24) is 4.98 Å². The molecule has 0 saturated carbocycles. The van der Waals surface area contributed by atoms with Gasteiger partial charge in [0.1, 0.15) is 5.75 Å². The molecule has 0 spiro atoms. The summed E-state index contributed by atoms with van der Waals surface area (Å²) >= 11 is 3.40. The molecule has 1 aliphatic heterocycles. The van der Waals surface area contributed by atoms with E-state index in [0.29, 0.717) is 11.4 Å². The van der Waals surface area contributed by atoms with E-state index < -0.39 is 0 Å². The summed E-state index contributed by atoms with van der Waals surface area (Å²) in [5.41, 5.74) is 2.69. The highest BCUT2D eigenvalue weighted by Crippen LogP contribution is 2.31. The van der Waals surface area contributed by atoms with Gasteiger partial charge in [-0.15, -0.1) is 0 Å². The van der Waals surface area contributed by atoms with Crippen LogP contribution in [0.15, 0.2) is 41.1 Å². The van der Waals surface area contributed by atoms with Crippen LogP contribution in [0.5, 0.6) is 5.75 Å². The molecule has 0 fully saturated rings. The van der Waals surface area contributed by atoms with E-state index in [1.54, 1.807) is 12.4 Å². The van der Waals surface area contributed by atoms with E-state index in [4.69, 9.17) is 4.74 Å². The highest BCUT2D eigenvalue weighted by molar-refractivity contribution is 9.10. The molecule has 2 N–H and O–H groups in total. The first-order chi connectivity index (χ1) is 10.1. The number of carbonyl (C=O) groups excluding carboxylic acids is 1. The van der Waals surface area contributed by atoms with E-state index in [9.17, 15) is 4.79 Å². The molecule has 1 atom stereocenters. The summed E-state index contributed by atoms with van der Waals surface area (Å²) < 4.78 is 6.28. The fourth-order valence-corrected chi connectivity index (χ4v) is 2.56. The molecule has 1 aromatic heterocycles. The molecule has 108 valence electrons. The number of pyridine rings is 1. The Morgan fingerprint density at radius 3 is 3.05 bits per heavy atom. The maximum absolute atomic E-state index is 11.4. The quantitative estimate of drug-likeness (QED) is 0.893. The van der Waals surface area contributed by atoms with Crippen LogP contribution in [-0.4, -0.2) is 17.5 Å². The van der Waals surface area contributed by atoms with E-state index in [2.05, 4.69) is 31.5 Å². The molecule has 1 aromatic carbocycles. The van der Waals surface area contributed by atoms with Crippen molar-refractivity contribution >= 4 is 33.2 Å². The van der Waals surface area contributed by atoms with Gasteiger partial charge < -0.3 is 15.4 Å². The zero-order valence-electron chi connectivity index (χ0n) is 11.4. The topological polar surface area (TPSA) is 63.2 Å². The minimum atomic E-state index is -0.128. The van der Waals surface area contributed by atoms with Gasteiger partial charge in [-0.1, -0.05) is 6.07 Å². The average molecular weight is 348 g/mol. The van der Waals surface area contributed by atoms with Gasteiger partial charge in [0.2, 0.25) is 0 Å². The van der Waals surface area contributed by atoms with Gasteiger partial charge in [0, 0.05) is 16.7 Å². The predicted molar refractivity (Wildman–Crippen MR) is 84.5 cm³/mol. The van der Waals surface area contributed by atoms with Crippen molar-refractivity contribution in [2.75, 3.05) is 17.2 Å². The lowest BCUT2D eigenvalue weighted by Crippen LogP contribution is -2.25. The Labute approximate surface area is 130 Å². The highest BCUT2D eigenvalue weighted by atomic mass is 79.9. The summed E-state index contributed by atoms with van der Waals surface area (Å²) in [6.07, 6.45) is 3.51. The second kappa shape index (κ2) is 5.73. The summed E-state index contributed by atoms with van der Waals surface area (Å²) in [6.45, 7) is 2.12. The molecule has 0 bridgehead atoms. The van der Waals surface area contributed by atoms with Gasteiger partial charge in [-0.3, -0.25) is 9.78 Å². The Morgan fingerprint density at radius 1 is 1.38 bits per heavy atom. The third kappa shape index (κ3) is 3.16. The van der Waals surface area contributed by atoms with E-state index in [1.165, 1.54) is 0 Å². The fraction of sp³-hybridized carbons (Fsp3) is 0.200. The number of amides is 1. The van der Waals surface area contributed by atoms with Crippen molar-refractivity contribution in [3.63, 3.8) is 0 Å². The smallest absolute Gasteiger partial charge is 0.262 e. The Bertz CT molecular complexity index is 690. The third-order valence-electron chi connectivity index (χ3n) is 3.22. The van der Waals surface area contributed by atoms with Gasteiger partial charge in [-0.2, -0.15) is 0 Å². The number of rotatable bonds is 3. The molecule has 6 heteroatoms. The number of carbonyl (C=O) groups is 1. The molecule has 3 rings (SSSR count). The summed E-state index contributed by atoms with van der Waals surface area (Å²) in [5.74, 6) is 0.575. The SMILES string of the molecule is C[C@H](Nc1cncc(Br)c1)c1ccc2c(c1)NC(=O)CO2. The maximum Gasteiger partial charge on any atom is 0.262 e.